The molecule has 0 fully saturated rings. The van der Waals surface area contributed by atoms with Crippen LogP contribution in [0.25, 0.3) is 17.0 Å². The highest BCUT2D eigenvalue weighted by atomic mass is 16.6. The second kappa shape index (κ2) is 5.04. The van der Waals surface area contributed by atoms with Crippen LogP contribution in [0.15, 0.2) is 36.2 Å². The third kappa shape index (κ3) is 2.59. The number of para-hydroxylation sites is 1. The van der Waals surface area contributed by atoms with Crippen molar-refractivity contribution in [1.82, 2.24) is 4.98 Å². The summed E-state index contributed by atoms with van der Waals surface area (Å²) in [5.74, 6) is 0.270. The summed E-state index contributed by atoms with van der Waals surface area (Å²) in [6, 6.07) is 7.79. The Kier molecular flexibility index (Phi) is 3.46. The van der Waals surface area contributed by atoms with E-state index < -0.39 is 0 Å². The van der Waals surface area contributed by atoms with Crippen LogP contribution in [0, 0.1) is 16.0 Å². The number of hydrogen-bond donors (Lipinski definition) is 1. The molecule has 94 valence electrons. The van der Waals surface area contributed by atoms with E-state index in [1.165, 1.54) is 0 Å². The highest BCUT2D eigenvalue weighted by molar-refractivity contribution is 5.88. The number of hydrogen-bond acceptors (Lipinski definition) is 2. The van der Waals surface area contributed by atoms with Gasteiger partial charge in [-0.25, -0.2) is 0 Å². The first-order valence-electron chi connectivity index (χ1n) is 5.99. The zero-order chi connectivity index (χ0) is 13.1. The van der Waals surface area contributed by atoms with Crippen molar-refractivity contribution in [2.24, 2.45) is 5.92 Å². The first-order chi connectivity index (χ1) is 8.58. The van der Waals surface area contributed by atoms with Gasteiger partial charge in [-0.15, -0.1) is 0 Å². The monoisotopic (exact) mass is 244 g/mol. The third-order valence-corrected chi connectivity index (χ3v) is 2.80. The number of aromatic nitrogens is 1. The maximum absolute atomic E-state index is 11.0. The maximum Gasteiger partial charge on any atom is 0.247 e. The number of nitrogens with one attached hydrogen (secondary N) is 1. The molecule has 18 heavy (non-hydrogen) atoms. The molecule has 0 radical (unpaired) electrons. The molecule has 0 saturated carbocycles. The lowest BCUT2D eigenvalue weighted by atomic mass is 10.1. The van der Waals surface area contributed by atoms with Gasteiger partial charge < -0.3 is 4.98 Å². The van der Waals surface area contributed by atoms with Gasteiger partial charge in [-0.2, -0.15) is 0 Å². The highest BCUT2D eigenvalue weighted by Gasteiger charge is 2.14. The molecule has 0 aliphatic carbocycles. The van der Waals surface area contributed by atoms with Crippen LogP contribution in [0.4, 0.5) is 0 Å². The van der Waals surface area contributed by atoms with E-state index >= 15 is 0 Å². The van der Waals surface area contributed by atoms with E-state index in [9.17, 15) is 10.1 Å². The van der Waals surface area contributed by atoms with Crippen molar-refractivity contribution in [3.05, 3.63) is 51.8 Å². The summed E-state index contributed by atoms with van der Waals surface area (Å²) < 4.78 is 0. The Balaban J connectivity index is 2.43. The van der Waals surface area contributed by atoms with Crippen molar-refractivity contribution in [2.45, 2.75) is 20.3 Å². The second-order valence-corrected chi connectivity index (χ2v) is 4.78. The minimum Gasteiger partial charge on any atom is -0.361 e. The summed E-state index contributed by atoms with van der Waals surface area (Å²) in [7, 11) is 0. The number of rotatable bonds is 4. The van der Waals surface area contributed by atoms with Gasteiger partial charge >= 0.3 is 0 Å². The number of nitro groups is 1. The average molecular weight is 244 g/mol. The van der Waals surface area contributed by atoms with E-state index in [4.69, 9.17) is 0 Å². The molecule has 1 aromatic carbocycles. The Bertz CT molecular complexity index is 597. The third-order valence-electron chi connectivity index (χ3n) is 2.80. The summed E-state index contributed by atoms with van der Waals surface area (Å²) in [6.07, 6.45) is 3.96. The summed E-state index contributed by atoms with van der Waals surface area (Å²) >= 11 is 0. The van der Waals surface area contributed by atoms with Crippen LogP contribution in [0.2, 0.25) is 0 Å². The quantitative estimate of drug-likeness (QED) is 0.656. The predicted octanol–water partition coefficient (Wildman–Crippen LogP) is 3.83. The molecular formula is C14H16N2O2. The molecule has 0 bridgehead atoms. The summed E-state index contributed by atoms with van der Waals surface area (Å²) in [6.45, 7) is 3.96. The standard InChI is InChI=1S/C14H16N2O2/c1-10(2)7-12(16(17)18)8-11-9-15-14-6-4-3-5-13(11)14/h3-6,8-10,15H,7H2,1-2H3. The van der Waals surface area contributed by atoms with Crippen LogP contribution < -0.4 is 0 Å². The molecule has 0 amide bonds. The minimum absolute atomic E-state index is 0.259. The van der Waals surface area contributed by atoms with Crippen molar-refractivity contribution in [1.29, 1.82) is 0 Å². The van der Waals surface area contributed by atoms with Crippen LogP contribution in [0.1, 0.15) is 25.8 Å². The average Bonchev–Trinajstić information content (AvgIpc) is 2.71. The van der Waals surface area contributed by atoms with Crippen LogP contribution in [-0.2, 0) is 0 Å². The van der Waals surface area contributed by atoms with Gasteiger partial charge in [-0.3, -0.25) is 10.1 Å². The molecule has 1 aromatic heterocycles. The molecule has 0 aliphatic heterocycles. The smallest absolute Gasteiger partial charge is 0.247 e. The van der Waals surface area contributed by atoms with Crippen molar-refractivity contribution in [3.8, 4) is 0 Å². The fourth-order valence-corrected chi connectivity index (χ4v) is 2.00. The van der Waals surface area contributed by atoms with Crippen molar-refractivity contribution in [3.63, 3.8) is 0 Å². The van der Waals surface area contributed by atoms with Crippen molar-refractivity contribution in [2.75, 3.05) is 0 Å². The SMILES string of the molecule is CC(C)CC(=Cc1c[nH]c2ccccc12)[N+](=O)[O-]. The largest absolute Gasteiger partial charge is 0.361 e. The summed E-state index contributed by atoms with van der Waals surface area (Å²) in [5, 5.41) is 12.0. The second-order valence-electron chi connectivity index (χ2n) is 4.78. The predicted molar refractivity (Wildman–Crippen MR) is 72.7 cm³/mol. The van der Waals surface area contributed by atoms with Gasteiger partial charge in [0.2, 0.25) is 5.70 Å². The van der Waals surface area contributed by atoms with Gasteiger partial charge in [0.05, 0.1) is 4.92 Å². The molecule has 0 unspecified atom stereocenters. The van der Waals surface area contributed by atoms with Gasteiger partial charge in [0.25, 0.3) is 0 Å². The molecule has 1 heterocycles. The Morgan fingerprint density at radius 1 is 1.44 bits per heavy atom. The van der Waals surface area contributed by atoms with Gasteiger partial charge in [0, 0.05) is 35.2 Å². The molecule has 0 spiro atoms. The van der Waals surface area contributed by atoms with Crippen LogP contribution in [0.3, 0.4) is 0 Å². The molecule has 4 nitrogen and oxygen atoms in total. The Hall–Kier alpha value is -2.10. The number of nitrogens with zero attached hydrogens (tertiary/aromatic N) is 1. The lowest BCUT2D eigenvalue weighted by Gasteiger charge is -2.01. The topological polar surface area (TPSA) is 58.9 Å². The lowest BCUT2D eigenvalue weighted by molar-refractivity contribution is -0.427. The van der Waals surface area contributed by atoms with Gasteiger partial charge in [0.1, 0.15) is 0 Å². The highest BCUT2D eigenvalue weighted by Crippen LogP contribution is 2.22. The van der Waals surface area contributed by atoms with Crippen molar-refractivity contribution < 1.29 is 4.92 Å². The normalized spacial score (nSPS) is 12.3. The van der Waals surface area contributed by atoms with Crippen LogP contribution >= 0.6 is 0 Å². The fourth-order valence-electron chi connectivity index (χ4n) is 2.00. The summed E-state index contributed by atoms with van der Waals surface area (Å²) in [4.78, 5) is 13.9. The lowest BCUT2D eigenvalue weighted by Crippen LogP contribution is -2.02. The Morgan fingerprint density at radius 2 is 2.17 bits per heavy atom. The number of H-pyrrole nitrogens is 1. The van der Waals surface area contributed by atoms with E-state index in [-0.39, 0.29) is 16.5 Å². The van der Waals surface area contributed by atoms with Crippen molar-refractivity contribution >= 4 is 17.0 Å². The molecule has 2 rings (SSSR count). The van der Waals surface area contributed by atoms with Crippen LogP contribution in [-0.4, -0.2) is 9.91 Å². The Labute approximate surface area is 105 Å². The van der Waals surface area contributed by atoms with Gasteiger partial charge in [-0.05, 0) is 12.0 Å². The number of fused-ring (bicyclic) bond motifs is 1. The Morgan fingerprint density at radius 3 is 2.83 bits per heavy atom. The number of benzene rings is 1. The van der Waals surface area contributed by atoms with E-state index in [0.29, 0.717) is 6.42 Å². The van der Waals surface area contributed by atoms with Gasteiger partial charge in [0.15, 0.2) is 0 Å². The van der Waals surface area contributed by atoms with E-state index in [1.807, 2.05) is 44.3 Å². The van der Waals surface area contributed by atoms with Gasteiger partial charge in [-0.1, -0.05) is 32.0 Å². The zero-order valence-corrected chi connectivity index (χ0v) is 10.5. The molecule has 1 N–H and O–H groups in total. The van der Waals surface area contributed by atoms with E-state index in [1.54, 1.807) is 6.08 Å². The molecule has 0 atom stereocenters. The molecular weight excluding hydrogens is 228 g/mol. The fraction of sp³-hybridized carbons (Fsp3) is 0.286. The number of allylic oxidation sites excluding steroid dienone is 1. The van der Waals surface area contributed by atoms with E-state index in [0.717, 1.165) is 16.5 Å². The molecule has 2 aromatic rings. The first-order valence-corrected chi connectivity index (χ1v) is 5.99. The summed E-state index contributed by atoms with van der Waals surface area (Å²) in [5.41, 5.74) is 2.13. The number of aromatic amines is 1. The molecule has 4 heteroatoms. The minimum atomic E-state index is -0.290. The maximum atomic E-state index is 11.0. The van der Waals surface area contributed by atoms with E-state index in [2.05, 4.69) is 4.98 Å². The zero-order valence-electron chi connectivity index (χ0n) is 10.5. The van der Waals surface area contributed by atoms with Crippen LogP contribution in [0.5, 0.6) is 0 Å². The molecule has 0 aliphatic rings. The molecule has 0 saturated heterocycles. The first kappa shape index (κ1) is 12.4.